The highest BCUT2D eigenvalue weighted by Gasteiger charge is 2.27. The van der Waals surface area contributed by atoms with E-state index in [9.17, 15) is 4.79 Å². The van der Waals surface area contributed by atoms with E-state index in [0.717, 1.165) is 0 Å². The van der Waals surface area contributed by atoms with E-state index in [0.29, 0.717) is 6.42 Å². The van der Waals surface area contributed by atoms with Crippen molar-refractivity contribution in [2.75, 3.05) is 19.8 Å². The lowest BCUT2D eigenvalue weighted by Crippen LogP contribution is -2.32. The van der Waals surface area contributed by atoms with E-state index in [1.165, 1.54) is 0 Å². The normalized spacial score (nSPS) is 11.5. The van der Waals surface area contributed by atoms with Gasteiger partial charge in [0, 0.05) is 18.3 Å². The van der Waals surface area contributed by atoms with E-state index < -0.39 is 15.6 Å². The SMILES string of the molecule is CCC(CO)(CO)CO.O=C(OS)C(O)(S)S. The molecule has 0 spiro atoms. The van der Waals surface area contributed by atoms with Crippen LogP contribution in [0.5, 0.6) is 0 Å². The largest absolute Gasteiger partial charge is 0.396 e. The predicted octanol–water partition coefficient (Wildman–Crippen LogP) is -0.760. The van der Waals surface area contributed by atoms with Gasteiger partial charge in [0.15, 0.2) is 0 Å². The lowest BCUT2D eigenvalue weighted by atomic mass is 9.88. The van der Waals surface area contributed by atoms with Gasteiger partial charge in [-0.15, -0.1) is 25.3 Å². The first-order chi connectivity index (χ1) is 7.72. The number of aliphatic hydroxyl groups excluding tert-OH is 3. The minimum Gasteiger partial charge on any atom is -0.396 e. The number of carbonyl (C=O) groups excluding carboxylic acids is 1. The summed E-state index contributed by atoms with van der Waals surface area (Å²) in [5, 5.41) is 34.5. The van der Waals surface area contributed by atoms with Crippen LogP contribution < -0.4 is 0 Å². The summed E-state index contributed by atoms with van der Waals surface area (Å²) < 4.78 is 1.73. The summed E-state index contributed by atoms with van der Waals surface area (Å²) in [6.45, 7) is 1.35. The van der Waals surface area contributed by atoms with Crippen molar-refractivity contribution in [1.82, 2.24) is 0 Å². The molecule has 6 nitrogen and oxygen atoms in total. The summed E-state index contributed by atoms with van der Waals surface area (Å²) >= 11 is 9.75. The van der Waals surface area contributed by atoms with Crippen LogP contribution in [0.15, 0.2) is 0 Å². The maximum atomic E-state index is 10.1. The molecule has 0 radical (unpaired) electrons. The maximum Gasteiger partial charge on any atom is 0.371 e. The van der Waals surface area contributed by atoms with Crippen LogP contribution in [0.3, 0.4) is 0 Å². The second kappa shape index (κ2) is 9.31. The quantitative estimate of drug-likeness (QED) is 0.204. The van der Waals surface area contributed by atoms with Gasteiger partial charge in [0.2, 0.25) is 0 Å². The van der Waals surface area contributed by atoms with Crippen molar-refractivity contribution in [3.8, 4) is 0 Å². The number of aliphatic hydroxyl groups is 4. The van der Waals surface area contributed by atoms with Crippen LogP contribution in [-0.4, -0.2) is 50.5 Å². The van der Waals surface area contributed by atoms with E-state index >= 15 is 0 Å². The minimum atomic E-state index is -2.04. The van der Waals surface area contributed by atoms with Crippen molar-refractivity contribution in [3.63, 3.8) is 0 Å². The molecule has 4 N–H and O–H groups in total. The van der Waals surface area contributed by atoms with Crippen molar-refractivity contribution in [2.24, 2.45) is 5.41 Å². The smallest absolute Gasteiger partial charge is 0.371 e. The van der Waals surface area contributed by atoms with Gasteiger partial charge in [-0.2, -0.15) is 0 Å². The van der Waals surface area contributed by atoms with Gasteiger partial charge < -0.3 is 24.6 Å². The first-order valence-corrected chi connectivity index (χ1v) is 5.84. The predicted molar refractivity (Wildman–Crippen MR) is 72.0 cm³/mol. The molecule has 104 valence electrons. The Morgan fingerprint density at radius 1 is 1.18 bits per heavy atom. The molecule has 0 heterocycles. The number of thiol groups is 3. The summed E-state index contributed by atoms with van der Waals surface area (Å²) in [6.07, 6.45) is 0.594. The highest BCUT2D eigenvalue weighted by Crippen LogP contribution is 2.18. The fraction of sp³-hybridized carbons (Fsp3) is 0.875. The lowest BCUT2D eigenvalue weighted by Gasteiger charge is -2.24. The fourth-order valence-electron chi connectivity index (χ4n) is 0.547. The lowest BCUT2D eigenvalue weighted by molar-refractivity contribution is -0.139. The molecule has 9 heteroatoms. The molecule has 0 aromatic heterocycles. The molecule has 17 heavy (non-hydrogen) atoms. The molecule has 0 atom stereocenters. The second-order valence-electron chi connectivity index (χ2n) is 3.34. The van der Waals surface area contributed by atoms with Gasteiger partial charge in [0.05, 0.1) is 19.8 Å². The highest BCUT2D eigenvalue weighted by atomic mass is 32.2. The van der Waals surface area contributed by atoms with Crippen LogP contribution >= 0.6 is 38.2 Å². The average molecular weight is 306 g/mol. The van der Waals surface area contributed by atoms with Gasteiger partial charge in [-0.25, -0.2) is 4.79 Å². The summed E-state index contributed by atoms with van der Waals surface area (Å²) in [5.41, 5.74) is -0.667. The Labute approximate surface area is 116 Å². The molecule has 0 unspecified atom stereocenters. The third kappa shape index (κ3) is 8.14. The molecule has 0 saturated carbocycles. The molecule has 0 amide bonds. The third-order valence-electron chi connectivity index (χ3n) is 2.11. The van der Waals surface area contributed by atoms with E-state index in [4.69, 9.17) is 20.4 Å². The number of hydrogen-bond donors (Lipinski definition) is 7. The molecule has 0 aromatic carbocycles. The summed E-state index contributed by atoms with van der Waals surface area (Å²) in [5.74, 6) is -1.02. The van der Waals surface area contributed by atoms with E-state index in [1.807, 2.05) is 6.92 Å². The summed E-state index contributed by atoms with van der Waals surface area (Å²) in [7, 11) is 0. The molecule has 0 fully saturated rings. The van der Waals surface area contributed by atoms with Crippen LogP contribution in [0.4, 0.5) is 0 Å². The Bertz CT molecular complexity index is 196. The minimum absolute atomic E-state index is 0.156. The topological polar surface area (TPSA) is 107 Å². The van der Waals surface area contributed by atoms with Gasteiger partial charge in [0.25, 0.3) is 4.27 Å². The van der Waals surface area contributed by atoms with Crippen LogP contribution in [0.1, 0.15) is 13.3 Å². The van der Waals surface area contributed by atoms with Crippen LogP contribution in [-0.2, 0) is 8.98 Å². The molecular weight excluding hydrogens is 288 g/mol. The van der Waals surface area contributed by atoms with Crippen molar-refractivity contribution in [1.29, 1.82) is 0 Å². The van der Waals surface area contributed by atoms with Crippen molar-refractivity contribution in [3.05, 3.63) is 0 Å². The van der Waals surface area contributed by atoms with Gasteiger partial charge in [-0.1, -0.05) is 6.92 Å². The van der Waals surface area contributed by atoms with E-state index in [2.05, 4.69) is 42.4 Å². The maximum absolute atomic E-state index is 10.1. The second-order valence-corrected chi connectivity index (χ2v) is 5.17. The molecule has 0 saturated heterocycles. The standard InChI is InChI=1S/C6H14O3.C2H4O3S3/c1-2-6(3-7,4-8)5-9;3-1(5-8)2(4,6)7/h7-9H,2-5H2,1H3;4,6-8H. The third-order valence-corrected chi connectivity index (χ3v) is 2.64. The molecule has 0 bridgehead atoms. The highest BCUT2D eigenvalue weighted by molar-refractivity contribution is 8.01. The number of carbonyl (C=O) groups is 1. The van der Waals surface area contributed by atoms with Crippen LogP contribution in [0.2, 0.25) is 0 Å². The fourth-order valence-corrected chi connectivity index (χ4v) is 0.914. The molecule has 0 aliphatic heterocycles. The van der Waals surface area contributed by atoms with Crippen molar-refractivity contribution < 1.29 is 29.4 Å². The number of hydrogen-bond acceptors (Lipinski definition) is 9. The molecule has 0 aliphatic carbocycles. The molecule has 0 aromatic rings. The van der Waals surface area contributed by atoms with Crippen LogP contribution in [0, 0.1) is 5.41 Å². The average Bonchev–Trinajstić information content (AvgIpc) is 2.31. The van der Waals surface area contributed by atoms with Gasteiger partial charge >= 0.3 is 5.97 Å². The zero-order chi connectivity index (χ0) is 14.1. The Balaban J connectivity index is 0. The van der Waals surface area contributed by atoms with Crippen LogP contribution in [0.25, 0.3) is 0 Å². The Kier molecular flexibility index (Phi) is 10.8. The monoisotopic (exact) mass is 306 g/mol. The number of rotatable bonds is 5. The first kappa shape index (κ1) is 19.7. The Morgan fingerprint density at radius 2 is 1.53 bits per heavy atom. The Morgan fingerprint density at radius 3 is 1.53 bits per heavy atom. The summed E-state index contributed by atoms with van der Waals surface area (Å²) in [6, 6.07) is 0. The van der Waals surface area contributed by atoms with Gasteiger partial charge in [0.1, 0.15) is 0 Å². The zero-order valence-corrected chi connectivity index (χ0v) is 12.0. The van der Waals surface area contributed by atoms with E-state index in [-0.39, 0.29) is 19.8 Å². The summed E-state index contributed by atoms with van der Waals surface area (Å²) in [4.78, 5) is 10.1. The molecule has 0 rings (SSSR count). The first-order valence-electron chi connectivity index (χ1n) is 4.58. The molecule has 0 aliphatic rings. The van der Waals surface area contributed by atoms with E-state index in [1.54, 1.807) is 0 Å². The Hall–Kier alpha value is 0.360. The van der Waals surface area contributed by atoms with Gasteiger partial charge in [-0.3, -0.25) is 0 Å². The van der Waals surface area contributed by atoms with Gasteiger partial charge in [-0.05, 0) is 6.42 Å². The zero-order valence-electron chi connectivity index (χ0n) is 9.28. The van der Waals surface area contributed by atoms with Crippen molar-refractivity contribution in [2.45, 2.75) is 17.6 Å². The molecular formula is C8H18O6S3. The van der Waals surface area contributed by atoms with Crippen molar-refractivity contribution >= 4 is 44.1 Å².